The number of alkyl halides is 1. The molecular formula is C10H9F2NS. The van der Waals surface area contributed by atoms with Gasteiger partial charge >= 0.3 is 0 Å². The molecule has 1 nitrogen and oxygen atoms in total. The van der Waals surface area contributed by atoms with Crippen LogP contribution < -0.4 is 0 Å². The van der Waals surface area contributed by atoms with Gasteiger partial charge in [0.1, 0.15) is 17.5 Å². The van der Waals surface area contributed by atoms with Crippen molar-refractivity contribution in [1.29, 1.82) is 0 Å². The highest BCUT2D eigenvalue weighted by atomic mass is 32.2. The summed E-state index contributed by atoms with van der Waals surface area (Å²) >= 11 is 1.41. The molecule has 1 aromatic rings. The molecule has 0 saturated carbocycles. The highest BCUT2D eigenvalue weighted by molar-refractivity contribution is 8.14. The third-order valence-electron chi connectivity index (χ3n) is 1.99. The maximum atomic E-state index is 13.3. The number of nitrogens with zero attached hydrogens (tertiary/aromatic N) is 1. The Morgan fingerprint density at radius 1 is 1.43 bits per heavy atom. The van der Waals surface area contributed by atoms with Crippen molar-refractivity contribution < 1.29 is 8.78 Å². The highest BCUT2D eigenvalue weighted by Gasteiger charge is 2.20. The van der Waals surface area contributed by atoms with Crippen LogP contribution in [-0.4, -0.2) is 23.5 Å². The molecule has 0 N–H and O–H groups in total. The van der Waals surface area contributed by atoms with E-state index < -0.39 is 6.67 Å². The summed E-state index contributed by atoms with van der Waals surface area (Å²) < 4.78 is 25.6. The Morgan fingerprint density at radius 3 is 2.86 bits per heavy atom. The molecule has 0 amide bonds. The van der Waals surface area contributed by atoms with Gasteiger partial charge in [0.05, 0.1) is 6.04 Å². The SMILES string of the molecule is FCC1CSC(c2ccccc2F)=N1. The lowest BCUT2D eigenvalue weighted by Crippen LogP contribution is -2.04. The van der Waals surface area contributed by atoms with Crippen LogP contribution in [-0.2, 0) is 0 Å². The van der Waals surface area contributed by atoms with Gasteiger partial charge < -0.3 is 0 Å². The molecule has 0 fully saturated rings. The van der Waals surface area contributed by atoms with E-state index in [4.69, 9.17) is 0 Å². The molecule has 74 valence electrons. The summed E-state index contributed by atoms with van der Waals surface area (Å²) in [6.07, 6.45) is 0. The van der Waals surface area contributed by atoms with E-state index in [2.05, 4.69) is 4.99 Å². The molecule has 1 aromatic carbocycles. The molecule has 4 heteroatoms. The van der Waals surface area contributed by atoms with Crippen LogP contribution in [0.1, 0.15) is 5.56 Å². The van der Waals surface area contributed by atoms with Gasteiger partial charge in [0.15, 0.2) is 0 Å². The first-order chi connectivity index (χ1) is 6.81. The second-order valence-corrected chi connectivity index (χ2v) is 4.04. The van der Waals surface area contributed by atoms with Crippen molar-refractivity contribution in [2.75, 3.05) is 12.4 Å². The van der Waals surface area contributed by atoms with Crippen LogP contribution in [0.5, 0.6) is 0 Å². The lowest BCUT2D eigenvalue weighted by atomic mass is 10.2. The molecule has 14 heavy (non-hydrogen) atoms. The minimum atomic E-state index is -0.467. The van der Waals surface area contributed by atoms with Crippen LogP contribution in [0.4, 0.5) is 8.78 Å². The van der Waals surface area contributed by atoms with Gasteiger partial charge in [0.2, 0.25) is 0 Å². The predicted octanol–water partition coefficient (Wildman–Crippen LogP) is 2.66. The van der Waals surface area contributed by atoms with Crippen molar-refractivity contribution in [3.63, 3.8) is 0 Å². The van der Waals surface area contributed by atoms with Crippen LogP contribution in [0.2, 0.25) is 0 Å². The Kier molecular flexibility index (Phi) is 2.82. The summed E-state index contributed by atoms with van der Waals surface area (Å²) in [7, 11) is 0. The fourth-order valence-electron chi connectivity index (χ4n) is 1.28. The van der Waals surface area contributed by atoms with Crippen molar-refractivity contribution in [2.45, 2.75) is 6.04 Å². The monoisotopic (exact) mass is 213 g/mol. The van der Waals surface area contributed by atoms with Crippen molar-refractivity contribution in [1.82, 2.24) is 0 Å². The number of thioether (sulfide) groups is 1. The maximum Gasteiger partial charge on any atom is 0.133 e. The van der Waals surface area contributed by atoms with Gasteiger partial charge in [-0.3, -0.25) is 4.99 Å². The van der Waals surface area contributed by atoms with Gasteiger partial charge in [-0.05, 0) is 12.1 Å². The van der Waals surface area contributed by atoms with Crippen molar-refractivity contribution in [2.24, 2.45) is 4.99 Å². The molecule has 0 aromatic heterocycles. The van der Waals surface area contributed by atoms with E-state index in [1.807, 2.05) is 0 Å². The first kappa shape index (κ1) is 9.65. The third-order valence-corrected chi connectivity index (χ3v) is 3.14. The van der Waals surface area contributed by atoms with Gasteiger partial charge in [0, 0.05) is 11.3 Å². The van der Waals surface area contributed by atoms with Crippen LogP contribution in [0.15, 0.2) is 29.3 Å². The van der Waals surface area contributed by atoms with E-state index in [1.165, 1.54) is 17.8 Å². The molecule has 1 atom stereocenters. The molecule has 2 rings (SSSR count). The molecule has 0 spiro atoms. The molecule has 0 bridgehead atoms. The van der Waals surface area contributed by atoms with Crippen LogP contribution in [0, 0.1) is 5.82 Å². The number of benzene rings is 1. The van der Waals surface area contributed by atoms with Crippen molar-refractivity contribution >= 4 is 16.8 Å². The molecular weight excluding hydrogens is 204 g/mol. The maximum absolute atomic E-state index is 13.3. The molecule has 0 aliphatic carbocycles. The van der Waals surface area contributed by atoms with Crippen LogP contribution in [0.3, 0.4) is 0 Å². The third kappa shape index (κ3) is 1.80. The van der Waals surface area contributed by atoms with Crippen LogP contribution in [0.25, 0.3) is 0 Å². The zero-order chi connectivity index (χ0) is 9.97. The molecule has 1 heterocycles. The number of rotatable bonds is 2. The molecule has 1 aliphatic heterocycles. The average Bonchev–Trinajstić information content (AvgIpc) is 2.67. The zero-order valence-corrected chi connectivity index (χ0v) is 8.23. The predicted molar refractivity (Wildman–Crippen MR) is 55.2 cm³/mol. The quantitative estimate of drug-likeness (QED) is 0.735. The van der Waals surface area contributed by atoms with E-state index in [-0.39, 0.29) is 11.9 Å². The first-order valence-electron chi connectivity index (χ1n) is 4.32. The summed E-state index contributed by atoms with van der Waals surface area (Å²) in [6, 6.07) is 6.15. The van der Waals surface area contributed by atoms with Gasteiger partial charge in [0.25, 0.3) is 0 Å². The Bertz CT molecular complexity index is 365. The van der Waals surface area contributed by atoms with Crippen molar-refractivity contribution in [3.8, 4) is 0 Å². The van der Waals surface area contributed by atoms with Gasteiger partial charge in [-0.1, -0.05) is 12.1 Å². The van der Waals surface area contributed by atoms with Gasteiger partial charge in [-0.15, -0.1) is 11.8 Å². The number of hydrogen-bond donors (Lipinski definition) is 0. The van der Waals surface area contributed by atoms with E-state index in [0.717, 1.165) is 0 Å². The summed E-state index contributed by atoms with van der Waals surface area (Å²) in [6.45, 7) is -0.467. The largest absolute Gasteiger partial charge is 0.271 e. The van der Waals surface area contributed by atoms with E-state index >= 15 is 0 Å². The Hall–Kier alpha value is -0.900. The minimum Gasteiger partial charge on any atom is -0.271 e. The molecule has 0 radical (unpaired) electrons. The van der Waals surface area contributed by atoms with Gasteiger partial charge in [-0.25, -0.2) is 8.78 Å². The Balaban J connectivity index is 2.28. The second kappa shape index (κ2) is 4.09. The number of aliphatic imine (C=N–C) groups is 1. The smallest absolute Gasteiger partial charge is 0.133 e. The number of hydrogen-bond acceptors (Lipinski definition) is 2. The molecule has 1 aliphatic rings. The number of halogens is 2. The Labute approximate surface area is 85.2 Å². The second-order valence-electron chi connectivity index (χ2n) is 3.03. The van der Waals surface area contributed by atoms with Crippen LogP contribution >= 0.6 is 11.8 Å². The molecule has 0 saturated heterocycles. The van der Waals surface area contributed by atoms with E-state index in [9.17, 15) is 8.78 Å². The normalized spacial score (nSPS) is 21.0. The molecule has 1 unspecified atom stereocenters. The lowest BCUT2D eigenvalue weighted by molar-refractivity contribution is 0.452. The standard InChI is InChI=1S/C10H9F2NS/c11-5-7-6-14-10(13-7)8-3-1-2-4-9(8)12/h1-4,7H,5-6H2. The topological polar surface area (TPSA) is 12.4 Å². The fraction of sp³-hybridized carbons (Fsp3) is 0.300. The van der Waals surface area contributed by atoms with E-state index in [1.54, 1.807) is 18.2 Å². The fourth-order valence-corrected chi connectivity index (χ4v) is 2.34. The van der Waals surface area contributed by atoms with E-state index in [0.29, 0.717) is 16.4 Å². The minimum absolute atomic E-state index is 0.293. The van der Waals surface area contributed by atoms with Gasteiger partial charge in [-0.2, -0.15) is 0 Å². The highest BCUT2D eigenvalue weighted by Crippen LogP contribution is 2.24. The first-order valence-corrected chi connectivity index (χ1v) is 5.31. The summed E-state index contributed by atoms with van der Waals surface area (Å²) in [5.41, 5.74) is 0.480. The zero-order valence-electron chi connectivity index (χ0n) is 7.41. The van der Waals surface area contributed by atoms with Crippen molar-refractivity contribution in [3.05, 3.63) is 35.6 Å². The summed E-state index contributed by atoms with van der Waals surface area (Å²) in [5, 5.41) is 0.616. The summed E-state index contributed by atoms with van der Waals surface area (Å²) in [4.78, 5) is 4.10. The Morgan fingerprint density at radius 2 is 2.21 bits per heavy atom. The average molecular weight is 213 g/mol. The lowest BCUT2D eigenvalue weighted by Gasteiger charge is -1.99. The summed E-state index contributed by atoms with van der Waals surface area (Å²) in [5.74, 6) is 0.318.